The van der Waals surface area contributed by atoms with E-state index in [4.69, 9.17) is 43.6 Å². The van der Waals surface area contributed by atoms with Crippen molar-refractivity contribution >= 4 is 68.2 Å². The SMILES string of the molecule is COc1nc(-c2cccc(-c3cccc(Nc4nccc5sc(CN6CCN(C(N)=O)CC6)nc45)c3Cl)c2Cl)ccc1CNC[C@@H]1CCC(=O)N1. The number of nitrogens with two attached hydrogens (primary N) is 1. The normalized spacial score (nSPS) is 16.4. The largest absolute Gasteiger partial charge is 0.481 e. The van der Waals surface area contributed by atoms with Gasteiger partial charge in [-0.05, 0) is 24.6 Å². The van der Waals surface area contributed by atoms with Gasteiger partial charge in [-0.15, -0.1) is 11.3 Å². The highest BCUT2D eigenvalue weighted by Crippen LogP contribution is 2.42. The van der Waals surface area contributed by atoms with Crippen LogP contribution in [-0.2, 0) is 17.9 Å². The quantitative estimate of drug-likeness (QED) is 0.127. The van der Waals surface area contributed by atoms with Crippen LogP contribution in [0.4, 0.5) is 16.3 Å². The van der Waals surface area contributed by atoms with Crippen molar-refractivity contribution in [1.82, 2.24) is 35.4 Å². The lowest BCUT2D eigenvalue weighted by Gasteiger charge is -2.33. The van der Waals surface area contributed by atoms with Crippen LogP contribution in [0.3, 0.4) is 0 Å². The van der Waals surface area contributed by atoms with Crippen LogP contribution in [0.1, 0.15) is 23.4 Å². The molecule has 0 unspecified atom stereocenters. The fraction of sp³-hybridized carbons (Fsp3) is 0.306. The van der Waals surface area contributed by atoms with Gasteiger partial charge in [0.1, 0.15) is 10.5 Å². The number of aromatic nitrogens is 3. The molecule has 2 aliphatic rings. The van der Waals surface area contributed by atoms with Crippen molar-refractivity contribution in [3.63, 3.8) is 0 Å². The van der Waals surface area contributed by atoms with E-state index in [1.165, 1.54) is 0 Å². The van der Waals surface area contributed by atoms with Gasteiger partial charge in [0.25, 0.3) is 0 Å². The van der Waals surface area contributed by atoms with Gasteiger partial charge in [-0.25, -0.2) is 19.7 Å². The van der Waals surface area contributed by atoms with Gasteiger partial charge < -0.3 is 31.3 Å². The van der Waals surface area contributed by atoms with E-state index in [1.807, 2.05) is 54.6 Å². The highest BCUT2D eigenvalue weighted by molar-refractivity contribution is 7.18. The van der Waals surface area contributed by atoms with Crippen molar-refractivity contribution in [2.24, 2.45) is 5.73 Å². The number of carbonyl (C=O) groups is 2. The van der Waals surface area contributed by atoms with E-state index in [2.05, 4.69) is 25.8 Å². The van der Waals surface area contributed by atoms with Crippen molar-refractivity contribution in [2.45, 2.75) is 32.0 Å². The minimum absolute atomic E-state index is 0.0969. The Balaban J connectivity index is 1.09. The van der Waals surface area contributed by atoms with Crippen LogP contribution in [0.25, 0.3) is 32.6 Å². The number of anilines is 2. The number of fused-ring (bicyclic) bond motifs is 1. The number of hydrogen-bond acceptors (Lipinski definition) is 10. The maximum absolute atomic E-state index is 11.5. The Morgan fingerprint density at radius 1 is 1.02 bits per heavy atom. The molecule has 0 aliphatic carbocycles. The molecule has 5 N–H and O–H groups in total. The second-order valence-electron chi connectivity index (χ2n) is 12.5. The molecule has 5 aromatic rings. The zero-order valence-electron chi connectivity index (χ0n) is 27.9. The number of rotatable bonds is 11. The van der Waals surface area contributed by atoms with Crippen LogP contribution < -0.4 is 26.4 Å². The van der Waals surface area contributed by atoms with E-state index in [9.17, 15) is 9.59 Å². The molecule has 15 heteroatoms. The molecule has 0 radical (unpaired) electrons. The predicted octanol–water partition coefficient (Wildman–Crippen LogP) is 6.04. The maximum atomic E-state index is 11.5. The summed E-state index contributed by atoms with van der Waals surface area (Å²) in [6, 6.07) is 17.2. The van der Waals surface area contributed by atoms with Crippen LogP contribution >= 0.6 is 34.5 Å². The van der Waals surface area contributed by atoms with E-state index in [-0.39, 0.29) is 18.0 Å². The highest BCUT2D eigenvalue weighted by Gasteiger charge is 2.23. The Labute approximate surface area is 309 Å². The van der Waals surface area contributed by atoms with Gasteiger partial charge in [0.05, 0.1) is 39.8 Å². The third-order valence-corrected chi connectivity index (χ3v) is 11.0. The number of thiazole rings is 1. The molecule has 3 amide bonds. The number of benzene rings is 2. The fourth-order valence-corrected chi connectivity index (χ4v) is 8.03. The molecule has 2 fully saturated rings. The summed E-state index contributed by atoms with van der Waals surface area (Å²) in [4.78, 5) is 41.3. The number of primary amides is 1. The Kier molecular flexibility index (Phi) is 10.5. The first kappa shape index (κ1) is 34.9. The van der Waals surface area contributed by atoms with Crippen LogP contribution in [0, 0.1) is 0 Å². The summed E-state index contributed by atoms with van der Waals surface area (Å²) < 4.78 is 6.66. The summed E-state index contributed by atoms with van der Waals surface area (Å²) in [5.41, 5.74) is 10.7. The van der Waals surface area contributed by atoms with Gasteiger partial charge in [0, 0.05) is 80.2 Å². The Hall–Kier alpha value is -4.53. The number of methoxy groups -OCH3 is 1. The summed E-state index contributed by atoms with van der Waals surface area (Å²) in [6.45, 7) is 4.59. The topological polar surface area (TPSA) is 151 Å². The van der Waals surface area contributed by atoms with Crippen LogP contribution in [0.5, 0.6) is 5.88 Å². The first-order valence-corrected chi connectivity index (χ1v) is 18.2. The Bertz CT molecular complexity index is 2090. The van der Waals surface area contributed by atoms with Gasteiger partial charge in [0.15, 0.2) is 5.82 Å². The molecule has 264 valence electrons. The van der Waals surface area contributed by atoms with Crippen LogP contribution in [0.2, 0.25) is 10.0 Å². The summed E-state index contributed by atoms with van der Waals surface area (Å²) >= 11 is 15.8. The average molecular weight is 747 g/mol. The maximum Gasteiger partial charge on any atom is 0.314 e. The highest BCUT2D eigenvalue weighted by atomic mass is 35.5. The van der Waals surface area contributed by atoms with Crippen molar-refractivity contribution in [1.29, 1.82) is 0 Å². The molecule has 5 heterocycles. The van der Waals surface area contributed by atoms with Crippen molar-refractivity contribution in [2.75, 3.05) is 45.2 Å². The Morgan fingerprint density at radius 3 is 2.53 bits per heavy atom. The molecule has 12 nitrogen and oxygen atoms in total. The first-order chi connectivity index (χ1) is 24.8. The molecule has 0 bridgehead atoms. The smallest absolute Gasteiger partial charge is 0.314 e. The molecule has 7 rings (SSSR count). The van der Waals surface area contributed by atoms with Gasteiger partial charge in [-0.1, -0.05) is 59.6 Å². The van der Waals surface area contributed by atoms with E-state index in [0.29, 0.717) is 72.3 Å². The molecule has 0 spiro atoms. The lowest BCUT2D eigenvalue weighted by atomic mass is 10.00. The molecule has 51 heavy (non-hydrogen) atoms. The van der Waals surface area contributed by atoms with E-state index in [1.54, 1.807) is 29.5 Å². The second-order valence-corrected chi connectivity index (χ2v) is 14.3. The number of halogens is 2. The number of nitrogens with zero attached hydrogens (tertiary/aromatic N) is 5. The molecule has 1 atom stereocenters. The van der Waals surface area contributed by atoms with Gasteiger partial charge >= 0.3 is 6.03 Å². The monoisotopic (exact) mass is 745 g/mol. The van der Waals surface area contributed by atoms with Crippen molar-refractivity contribution in [3.8, 4) is 28.3 Å². The third kappa shape index (κ3) is 7.72. The molecule has 0 saturated carbocycles. The molecule has 2 saturated heterocycles. The summed E-state index contributed by atoms with van der Waals surface area (Å²) in [5.74, 6) is 1.20. The number of amides is 3. The molecular weight excluding hydrogens is 709 g/mol. The molecular formula is C36H37Cl2N9O3S. The average Bonchev–Trinajstić information content (AvgIpc) is 3.75. The zero-order chi connectivity index (χ0) is 35.5. The van der Waals surface area contributed by atoms with E-state index in [0.717, 1.165) is 57.0 Å². The van der Waals surface area contributed by atoms with E-state index < -0.39 is 0 Å². The summed E-state index contributed by atoms with van der Waals surface area (Å²) in [7, 11) is 1.60. The summed E-state index contributed by atoms with van der Waals surface area (Å²) in [6.07, 6.45) is 3.16. The number of nitrogens with one attached hydrogen (secondary N) is 3. The minimum atomic E-state index is -0.379. The first-order valence-electron chi connectivity index (χ1n) is 16.7. The molecule has 2 aromatic carbocycles. The van der Waals surface area contributed by atoms with Crippen molar-refractivity contribution in [3.05, 3.63) is 81.4 Å². The van der Waals surface area contributed by atoms with Crippen molar-refractivity contribution < 1.29 is 14.3 Å². The lowest BCUT2D eigenvalue weighted by molar-refractivity contribution is -0.119. The predicted molar refractivity (Wildman–Crippen MR) is 202 cm³/mol. The lowest BCUT2D eigenvalue weighted by Crippen LogP contribution is -2.50. The van der Waals surface area contributed by atoms with Crippen LogP contribution in [-0.4, -0.2) is 82.6 Å². The number of ether oxygens (including phenoxy) is 1. The van der Waals surface area contributed by atoms with E-state index >= 15 is 0 Å². The van der Waals surface area contributed by atoms with Gasteiger partial charge in [-0.2, -0.15) is 0 Å². The molecule has 2 aliphatic heterocycles. The Morgan fingerprint density at radius 2 is 1.78 bits per heavy atom. The zero-order valence-corrected chi connectivity index (χ0v) is 30.2. The number of pyridine rings is 2. The minimum Gasteiger partial charge on any atom is -0.481 e. The fourth-order valence-electron chi connectivity index (χ4n) is 6.42. The standard InChI is InChI=1S/C36H37Cl2N9O3S/c1-50-35-21(18-40-19-22-9-11-29(48)42-22)8-10-26(44-35)25-6-2-4-23(31(25)37)24-5-3-7-27(32(24)38)43-34-33-28(12-13-41-34)51-30(45-33)20-46-14-16-47(17-15-46)36(39)49/h2-8,10,12-13,22,40H,9,11,14-20H2,1H3,(H2,39,49)(H,41,43)(H,42,48)/t22-/m0/s1. The number of carbonyl (C=O) groups excluding carboxylic acids is 2. The number of hydrogen-bond donors (Lipinski definition) is 4. The second kappa shape index (κ2) is 15.4. The molecule has 3 aromatic heterocycles. The summed E-state index contributed by atoms with van der Waals surface area (Å²) in [5, 5.41) is 11.7. The van der Waals surface area contributed by atoms with Gasteiger partial charge in [-0.3, -0.25) is 9.69 Å². The van der Waals surface area contributed by atoms with Gasteiger partial charge in [0.2, 0.25) is 11.8 Å². The number of piperazine rings is 1. The van der Waals surface area contributed by atoms with Crippen LogP contribution in [0.15, 0.2) is 60.8 Å². The number of urea groups is 1. The third-order valence-electron chi connectivity index (χ3n) is 9.13.